The number of benzene rings is 2. The van der Waals surface area contributed by atoms with Crippen LogP contribution in [0.25, 0.3) is 11.0 Å². The second-order valence-electron chi connectivity index (χ2n) is 5.33. The van der Waals surface area contributed by atoms with Crippen LogP contribution in [0, 0.1) is 13.8 Å². The SMILES string of the molecule is Cc1cc(C)cc(C(NN)c2ccc3nccnc3c2)c1. The van der Waals surface area contributed by atoms with E-state index in [-0.39, 0.29) is 6.04 Å². The Kier molecular flexibility index (Phi) is 3.64. The molecule has 0 radical (unpaired) electrons. The maximum absolute atomic E-state index is 5.80. The van der Waals surface area contributed by atoms with Crippen LogP contribution in [0.15, 0.2) is 48.8 Å². The molecule has 2 aromatic carbocycles. The van der Waals surface area contributed by atoms with Crippen molar-refractivity contribution in [3.8, 4) is 0 Å². The van der Waals surface area contributed by atoms with Crippen molar-refractivity contribution in [2.75, 3.05) is 0 Å². The third kappa shape index (κ3) is 2.77. The van der Waals surface area contributed by atoms with Crippen LogP contribution in [0.1, 0.15) is 28.3 Å². The van der Waals surface area contributed by atoms with E-state index in [4.69, 9.17) is 5.84 Å². The Bertz CT molecular complexity index is 762. The van der Waals surface area contributed by atoms with Crippen LogP contribution in [-0.2, 0) is 0 Å². The lowest BCUT2D eigenvalue weighted by Gasteiger charge is -2.18. The number of hydrogen-bond acceptors (Lipinski definition) is 4. The minimum atomic E-state index is -0.0602. The van der Waals surface area contributed by atoms with Gasteiger partial charge >= 0.3 is 0 Å². The largest absolute Gasteiger partial charge is 0.271 e. The third-order valence-electron chi connectivity index (χ3n) is 3.57. The molecule has 3 rings (SSSR count). The minimum absolute atomic E-state index is 0.0602. The third-order valence-corrected chi connectivity index (χ3v) is 3.57. The normalized spacial score (nSPS) is 12.5. The molecule has 0 aliphatic rings. The molecule has 1 atom stereocenters. The highest BCUT2D eigenvalue weighted by Gasteiger charge is 2.14. The van der Waals surface area contributed by atoms with Crippen LogP contribution in [0.3, 0.4) is 0 Å². The lowest BCUT2D eigenvalue weighted by atomic mass is 9.96. The molecular formula is C17H18N4. The maximum atomic E-state index is 5.80. The van der Waals surface area contributed by atoms with E-state index in [1.807, 2.05) is 18.2 Å². The van der Waals surface area contributed by atoms with Crippen LogP contribution in [0.2, 0.25) is 0 Å². The number of rotatable bonds is 3. The number of fused-ring (bicyclic) bond motifs is 1. The summed E-state index contributed by atoms with van der Waals surface area (Å²) in [5.41, 5.74) is 9.35. The van der Waals surface area contributed by atoms with Crippen LogP contribution in [0.4, 0.5) is 0 Å². The Morgan fingerprint density at radius 2 is 1.52 bits per heavy atom. The molecule has 0 fully saturated rings. The molecule has 21 heavy (non-hydrogen) atoms. The summed E-state index contributed by atoms with van der Waals surface area (Å²) in [5.74, 6) is 5.80. The van der Waals surface area contributed by atoms with Gasteiger partial charge in [0, 0.05) is 12.4 Å². The van der Waals surface area contributed by atoms with Gasteiger partial charge in [0.25, 0.3) is 0 Å². The lowest BCUT2D eigenvalue weighted by molar-refractivity contribution is 0.636. The van der Waals surface area contributed by atoms with Gasteiger partial charge in [-0.3, -0.25) is 15.8 Å². The van der Waals surface area contributed by atoms with Gasteiger partial charge in [-0.1, -0.05) is 35.4 Å². The summed E-state index contributed by atoms with van der Waals surface area (Å²) in [6.45, 7) is 4.19. The summed E-state index contributed by atoms with van der Waals surface area (Å²) in [6.07, 6.45) is 3.40. The van der Waals surface area contributed by atoms with Crippen LogP contribution in [0.5, 0.6) is 0 Å². The molecule has 4 nitrogen and oxygen atoms in total. The number of nitrogens with zero attached hydrogens (tertiary/aromatic N) is 2. The minimum Gasteiger partial charge on any atom is -0.271 e. The Hall–Kier alpha value is -2.30. The molecule has 1 aromatic heterocycles. The zero-order valence-electron chi connectivity index (χ0n) is 12.2. The van der Waals surface area contributed by atoms with E-state index >= 15 is 0 Å². The van der Waals surface area contributed by atoms with Crippen LogP contribution < -0.4 is 11.3 Å². The van der Waals surface area contributed by atoms with Gasteiger partial charge in [-0.05, 0) is 37.1 Å². The van der Waals surface area contributed by atoms with E-state index in [0.717, 1.165) is 22.2 Å². The molecule has 0 saturated carbocycles. The topological polar surface area (TPSA) is 63.8 Å². The molecule has 4 heteroatoms. The highest BCUT2D eigenvalue weighted by molar-refractivity contribution is 5.74. The molecule has 0 aliphatic heterocycles. The van der Waals surface area contributed by atoms with Crippen LogP contribution >= 0.6 is 0 Å². The van der Waals surface area contributed by atoms with E-state index < -0.39 is 0 Å². The van der Waals surface area contributed by atoms with E-state index in [2.05, 4.69) is 47.4 Å². The zero-order chi connectivity index (χ0) is 14.8. The predicted molar refractivity (Wildman–Crippen MR) is 84.6 cm³/mol. The Balaban J connectivity index is 2.08. The van der Waals surface area contributed by atoms with Crippen molar-refractivity contribution >= 4 is 11.0 Å². The number of nitrogens with two attached hydrogens (primary N) is 1. The summed E-state index contributed by atoms with van der Waals surface area (Å²) in [5, 5.41) is 0. The molecule has 3 N–H and O–H groups in total. The van der Waals surface area contributed by atoms with Crippen molar-refractivity contribution < 1.29 is 0 Å². The number of aryl methyl sites for hydroxylation is 2. The van der Waals surface area contributed by atoms with Crippen molar-refractivity contribution in [1.29, 1.82) is 0 Å². The first-order valence-corrected chi connectivity index (χ1v) is 6.92. The smallest absolute Gasteiger partial charge is 0.0890 e. The first kappa shape index (κ1) is 13.7. The predicted octanol–water partition coefficient (Wildman–Crippen LogP) is 2.80. The lowest BCUT2D eigenvalue weighted by Crippen LogP contribution is -2.29. The number of hydrogen-bond donors (Lipinski definition) is 2. The monoisotopic (exact) mass is 278 g/mol. The molecule has 0 aliphatic carbocycles. The van der Waals surface area contributed by atoms with Gasteiger partial charge in [0.15, 0.2) is 0 Å². The molecule has 0 bridgehead atoms. The first-order chi connectivity index (χ1) is 10.2. The number of hydrazine groups is 1. The number of nitrogens with one attached hydrogen (secondary N) is 1. The molecule has 1 heterocycles. The van der Waals surface area contributed by atoms with Gasteiger partial charge in [0.05, 0.1) is 17.1 Å². The van der Waals surface area contributed by atoms with E-state index in [0.29, 0.717) is 0 Å². The van der Waals surface area contributed by atoms with Crippen molar-refractivity contribution in [1.82, 2.24) is 15.4 Å². The maximum Gasteiger partial charge on any atom is 0.0890 e. The highest BCUT2D eigenvalue weighted by Crippen LogP contribution is 2.25. The van der Waals surface area contributed by atoms with Crippen LogP contribution in [-0.4, -0.2) is 9.97 Å². The Labute approximate surface area is 124 Å². The van der Waals surface area contributed by atoms with E-state index in [1.165, 1.54) is 11.1 Å². The fourth-order valence-corrected chi connectivity index (χ4v) is 2.72. The van der Waals surface area contributed by atoms with E-state index in [1.54, 1.807) is 12.4 Å². The molecule has 0 spiro atoms. The highest BCUT2D eigenvalue weighted by atomic mass is 15.2. The molecule has 106 valence electrons. The van der Waals surface area contributed by atoms with Gasteiger partial charge in [-0.15, -0.1) is 0 Å². The first-order valence-electron chi connectivity index (χ1n) is 6.92. The van der Waals surface area contributed by atoms with Gasteiger partial charge in [0.2, 0.25) is 0 Å². The second-order valence-corrected chi connectivity index (χ2v) is 5.33. The quantitative estimate of drug-likeness (QED) is 0.571. The van der Waals surface area contributed by atoms with Crippen molar-refractivity contribution in [3.63, 3.8) is 0 Å². The standard InChI is InChI=1S/C17H18N4/c1-11-7-12(2)9-14(8-11)17(21-18)13-3-4-15-16(10-13)20-6-5-19-15/h3-10,17,21H,18H2,1-2H3. The van der Waals surface area contributed by atoms with Gasteiger partial charge in [-0.25, -0.2) is 5.43 Å². The Morgan fingerprint density at radius 3 is 2.19 bits per heavy atom. The second kappa shape index (κ2) is 5.60. The average molecular weight is 278 g/mol. The summed E-state index contributed by atoms with van der Waals surface area (Å²) >= 11 is 0. The zero-order valence-corrected chi connectivity index (χ0v) is 12.2. The van der Waals surface area contributed by atoms with Crippen molar-refractivity contribution in [3.05, 3.63) is 71.0 Å². The van der Waals surface area contributed by atoms with Crippen molar-refractivity contribution in [2.24, 2.45) is 5.84 Å². The summed E-state index contributed by atoms with van der Waals surface area (Å²) in [6, 6.07) is 12.4. The molecule has 1 unspecified atom stereocenters. The summed E-state index contributed by atoms with van der Waals surface area (Å²) in [4.78, 5) is 8.65. The fourth-order valence-electron chi connectivity index (χ4n) is 2.72. The Morgan fingerprint density at radius 1 is 0.857 bits per heavy atom. The van der Waals surface area contributed by atoms with Crippen molar-refractivity contribution in [2.45, 2.75) is 19.9 Å². The average Bonchev–Trinajstić information content (AvgIpc) is 2.47. The molecular weight excluding hydrogens is 260 g/mol. The van der Waals surface area contributed by atoms with Gasteiger partial charge in [-0.2, -0.15) is 0 Å². The molecule has 0 amide bonds. The molecule has 3 aromatic rings. The molecule has 0 saturated heterocycles. The number of aromatic nitrogens is 2. The van der Waals surface area contributed by atoms with Gasteiger partial charge < -0.3 is 0 Å². The van der Waals surface area contributed by atoms with Gasteiger partial charge in [0.1, 0.15) is 0 Å². The summed E-state index contributed by atoms with van der Waals surface area (Å²) in [7, 11) is 0. The van der Waals surface area contributed by atoms with E-state index in [9.17, 15) is 0 Å². The summed E-state index contributed by atoms with van der Waals surface area (Å²) < 4.78 is 0. The fraction of sp³-hybridized carbons (Fsp3) is 0.176.